The van der Waals surface area contributed by atoms with Gasteiger partial charge in [-0.15, -0.1) is 0 Å². The number of carbonyl (C=O) groups excluding carboxylic acids is 1. The van der Waals surface area contributed by atoms with E-state index in [9.17, 15) is 22.0 Å². The molecular weight excluding hydrogens is 517 g/mol. The first-order chi connectivity index (χ1) is 16.8. The Labute approximate surface area is 213 Å². The maximum atomic E-state index is 15.6. The topological polar surface area (TPSA) is 75.7 Å². The lowest BCUT2D eigenvalue weighted by atomic mass is 9.92. The maximum Gasteiger partial charge on any atom is 0.267 e. The first-order valence-corrected chi connectivity index (χ1v) is 14.0. The van der Waals surface area contributed by atoms with Gasteiger partial charge in [0.15, 0.2) is 0 Å². The lowest BCUT2D eigenvalue weighted by molar-refractivity contribution is 0.00615. The summed E-state index contributed by atoms with van der Waals surface area (Å²) in [7, 11) is -3.86. The highest BCUT2D eigenvalue weighted by atomic mass is 35.5. The van der Waals surface area contributed by atoms with Crippen molar-refractivity contribution in [1.29, 1.82) is 0 Å². The van der Waals surface area contributed by atoms with Crippen LogP contribution in [0, 0.1) is 11.6 Å². The predicted molar refractivity (Wildman–Crippen MR) is 131 cm³/mol. The van der Waals surface area contributed by atoms with Crippen LogP contribution < -0.4 is 9.46 Å². The molecule has 1 atom stereocenters. The molecule has 0 bridgehead atoms. The Morgan fingerprint density at radius 1 is 1.22 bits per heavy atom. The number of hydrogen-bond acceptors (Lipinski definition) is 5. The van der Waals surface area contributed by atoms with E-state index in [0.29, 0.717) is 23.7 Å². The summed E-state index contributed by atoms with van der Waals surface area (Å²) in [4.78, 5) is 14.3. The normalized spacial score (nSPS) is 19.1. The van der Waals surface area contributed by atoms with Crippen molar-refractivity contribution in [1.82, 2.24) is 9.62 Å². The van der Waals surface area contributed by atoms with E-state index in [1.54, 1.807) is 10.8 Å². The van der Waals surface area contributed by atoms with Crippen molar-refractivity contribution in [3.05, 3.63) is 63.7 Å². The van der Waals surface area contributed by atoms with Crippen molar-refractivity contribution >= 4 is 27.5 Å². The number of piperidine rings is 1. The van der Waals surface area contributed by atoms with Crippen molar-refractivity contribution in [2.75, 3.05) is 26.0 Å². The average molecular weight is 545 g/mol. The van der Waals surface area contributed by atoms with Crippen LogP contribution >= 0.6 is 11.6 Å². The standard InChI is InChI=1S/C25H28ClF3N2O4S/c1-15(18-6-5-17(27)11-21(18)26)31-9-7-25(29,8-10-31)14-35-23-13-22(28)20(12-19(23)16-3-4-16)24(32)30-36(2,33)34/h5-6,11-13,15-16H,3-4,7-10,14H2,1-2H3,(H,30,32)/t15-/m0/s1. The van der Waals surface area contributed by atoms with Crippen LogP contribution in [0.3, 0.4) is 0 Å². The van der Waals surface area contributed by atoms with Crippen LogP contribution in [0.25, 0.3) is 0 Å². The first kappa shape index (κ1) is 26.8. The second-order valence-corrected chi connectivity index (χ2v) is 11.8. The molecule has 11 heteroatoms. The molecule has 2 aliphatic rings. The zero-order valence-corrected chi connectivity index (χ0v) is 21.6. The van der Waals surface area contributed by atoms with E-state index in [1.165, 1.54) is 18.2 Å². The minimum absolute atomic E-state index is 0.0455. The van der Waals surface area contributed by atoms with Crippen LogP contribution in [0.2, 0.25) is 5.02 Å². The largest absolute Gasteiger partial charge is 0.490 e. The van der Waals surface area contributed by atoms with Crippen LogP contribution in [0.5, 0.6) is 5.75 Å². The molecule has 2 aromatic carbocycles. The van der Waals surface area contributed by atoms with Crippen LogP contribution in [-0.4, -0.2) is 50.8 Å². The van der Waals surface area contributed by atoms with Crippen LogP contribution in [0.15, 0.2) is 30.3 Å². The van der Waals surface area contributed by atoms with E-state index >= 15 is 4.39 Å². The molecule has 0 aromatic heterocycles. The molecule has 2 fully saturated rings. The molecule has 1 aliphatic carbocycles. The molecule has 2 aromatic rings. The Morgan fingerprint density at radius 2 is 1.89 bits per heavy atom. The smallest absolute Gasteiger partial charge is 0.267 e. The second-order valence-electron chi connectivity index (χ2n) is 9.66. The van der Waals surface area contributed by atoms with Crippen molar-refractivity contribution in [3.63, 3.8) is 0 Å². The highest BCUT2D eigenvalue weighted by Crippen LogP contribution is 2.45. The van der Waals surface area contributed by atoms with Gasteiger partial charge in [-0.1, -0.05) is 17.7 Å². The van der Waals surface area contributed by atoms with E-state index < -0.39 is 38.8 Å². The van der Waals surface area contributed by atoms with E-state index in [1.807, 2.05) is 6.92 Å². The summed E-state index contributed by atoms with van der Waals surface area (Å²) in [6.45, 7) is 2.53. The maximum absolute atomic E-state index is 15.6. The first-order valence-electron chi connectivity index (χ1n) is 11.7. The number of sulfonamides is 1. The summed E-state index contributed by atoms with van der Waals surface area (Å²) in [5, 5.41) is 0.325. The lowest BCUT2D eigenvalue weighted by Crippen LogP contribution is -2.45. The molecule has 1 saturated carbocycles. The number of carbonyl (C=O) groups is 1. The van der Waals surface area contributed by atoms with Gasteiger partial charge in [-0.2, -0.15) is 0 Å². The number of benzene rings is 2. The summed E-state index contributed by atoms with van der Waals surface area (Å²) in [5.41, 5.74) is -0.695. The summed E-state index contributed by atoms with van der Waals surface area (Å²) in [6.07, 6.45) is 2.81. The van der Waals surface area contributed by atoms with Gasteiger partial charge in [-0.3, -0.25) is 9.69 Å². The summed E-state index contributed by atoms with van der Waals surface area (Å²) in [5.74, 6) is -2.21. The van der Waals surface area contributed by atoms with Gasteiger partial charge in [0.2, 0.25) is 10.0 Å². The van der Waals surface area contributed by atoms with Crippen molar-refractivity contribution in [3.8, 4) is 5.75 Å². The Balaban J connectivity index is 1.42. The van der Waals surface area contributed by atoms with E-state index in [2.05, 4.69) is 4.90 Å². The van der Waals surface area contributed by atoms with Crippen molar-refractivity contribution in [2.24, 2.45) is 0 Å². The fourth-order valence-electron chi connectivity index (χ4n) is 4.51. The number of amides is 1. The highest BCUT2D eigenvalue weighted by Gasteiger charge is 2.38. The minimum Gasteiger partial charge on any atom is -0.490 e. The third-order valence-electron chi connectivity index (χ3n) is 6.78. The zero-order chi connectivity index (χ0) is 26.3. The molecule has 6 nitrogen and oxygen atoms in total. The van der Waals surface area contributed by atoms with E-state index in [0.717, 1.165) is 30.7 Å². The van der Waals surface area contributed by atoms with Gasteiger partial charge in [0, 0.05) is 30.2 Å². The Bertz CT molecular complexity index is 1260. The quantitative estimate of drug-likeness (QED) is 0.499. The Hall–Kier alpha value is -2.30. The number of rotatable bonds is 8. The molecule has 4 rings (SSSR count). The Morgan fingerprint density at radius 3 is 2.47 bits per heavy atom. The van der Waals surface area contributed by atoms with Crippen LogP contribution in [0.4, 0.5) is 13.2 Å². The summed E-state index contributed by atoms with van der Waals surface area (Å²) >= 11 is 6.19. The monoisotopic (exact) mass is 544 g/mol. The molecule has 36 heavy (non-hydrogen) atoms. The molecule has 1 amide bonds. The molecule has 1 heterocycles. The zero-order valence-electron chi connectivity index (χ0n) is 20.0. The van der Waals surface area contributed by atoms with Crippen molar-refractivity contribution in [2.45, 2.75) is 50.2 Å². The summed E-state index contributed by atoms with van der Waals surface area (Å²) < 4.78 is 74.0. The molecule has 1 aliphatic heterocycles. The molecule has 0 radical (unpaired) electrons. The molecule has 1 saturated heterocycles. The summed E-state index contributed by atoms with van der Waals surface area (Å²) in [6, 6.07) is 6.45. The molecule has 0 unspecified atom stereocenters. The third-order valence-corrected chi connectivity index (χ3v) is 7.66. The molecule has 0 spiro atoms. The lowest BCUT2D eigenvalue weighted by Gasteiger charge is -2.39. The van der Waals surface area contributed by atoms with Gasteiger partial charge in [0.05, 0.1) is 11.8 Å². The molecule has 1 N–H and O–H groups in total. The second kappa shape index (κ2) is 10.2. The molecule has 196 valence electrons. The Kier molecular flexibility index (Phi) is 7.60. The number of hydrogen-bond donors (Lipinski definition) is 1. The van der Waals surface area contributed by atoms with Crippen molar-refractivity contribution < 1.29 is 31.1 Å². The van der Waals surface area contributed by atoms with Gasteiger partial charge in [0.1, 0.15) is 29.7 Å². The number of alkyl halides is 1. The minimum atomic E-state index is -3.86. The fraction of sp³-hybridized carbons (Fsp3) is 0.480. The van der Waals surface area contributed by atoms with Gasteiger partial charge in [-0.25, -0.2) is 26.3 Å². The van der Waals surface area contributed by atoms with Gasteiger partial charge >= 0.3 is 0 Å². The highest BCUT2D eigenvalue weighted by molar-refractivity contribution is 7.89. The number of halogens is 4. The van der Waals surface area contributed by atoms with E-state index in [4.69, 9.17) is 16.3 Å². The number of ether oxygens (including phenoxy) is 1. The van der Waals surface area contributed by atoms with Gasteiger partial charge in [-0.05, 0) is 67.9 Å². The third kappa shape index (κ3) is 6.33. The number of nitrogens with zero attached hydrogens (tertiary/aromatic N) is 1. The van der Waals surface area contributed by atoms with Crippen LogP contribution in [-0.2, 0) is 10.0 Å². The van der Waals surface area contributed by atoms with E-state index in [-0.39, 0.29) is 37.2 Å². The fourth-order valence-corrected chi connectivity index (χ4v) is 5.28. The predicted octanol–water partition coefficient (Wildman–Crippen LogP) is 5.13. The van der Waals surface area contributed by atoms with Gasteiger partial charge < -0.3 is 4.74 Å². The average Bonchev–Trinajstić information content (AvgIpc) is 3.62. The van der Waals surface area contributed by atoms with Gasteiger partial charge in [0.25, 0.3) is 5.91 Å². The molecular formula is C25H28ClF3N2O4S. The van der Waals surface area contributed by atoms with Crippen LogP contribution in [0.1, 0.15) is 66.1 Å². The number of likely N-dealkylation sites (tertiary alicyclic amines) is 1. The number of nitrogens with one attached hydrogen (secondary N) is 1. The SMILES string of the molecule is C[C@@H](c1ccc(F)cc1Cl)N1CCC(F)(COc2cc(F)c(C(=O)NS(C)(=O)=O)cc2C2CC2)CC1.